The molecule has 0 atom stereocenters. The molecule has 0 heterocycles. The van der Waals surface area contributed by atoms with Crippen LogP contribution >= 0.6 is 0 Å². The molecule has 0 unspecified atom stereocenters. The van der Waals surface area contributed by atoms with Gasteiger partial charge in [-0.1, -0.05) is 36.4 Å². The minimum Gasteiger partial charge on any atom is -0.285 e. The highest BCUT2D eigenvalue weighted by molar-refractivity contribution is 6.59. The van der Waals surface area contributed by atoms with E-state index in [0.717, 1.165) is 5.56 Å². The van der Waals surface area contributed by atoms with Gasteiger partial charge in [0, 0.05) is 11.1 Å². The lowest BCUT2D eigenvalue weighted by Crippen LogP contribution is -2.19. The number of hydrogen-bond acceptors (Lipinski definition) is 2. The first-order chi connectivity index (χ1) is 7.20. The zero-order valence-electron chi connectivity index (χ0n) is 8.36. The zero-order chi connectivity index (χ0) is 10.8. The number of carbonyl (C=O) groups is 2. The molecule has 0 amide bonds. The van der Waals surface area contributed by atoms with E-state index >= 15 is 0 Å². The highest BCUT2D eigenvalue weighted by Gasteiger charge is 2.23. The lowest BCUT2D eigenvalue weighted by molar-refractivity contribution is -0.131. The number of allylic oxidation sites excluding steroid dienone is 4. The molecule has 0 fully saturated rings. The summed E-state index contributed by atoms with van der Waals surface area (Å²) in [7, 11) is 0. The molecule has 15 heavy (non-hydrogen) atoms. The highest BCUT2D eigenvalue weighted by atomic mass is 16.2. The number of ketones is 2. The molecule has 2 rings (SSSR count). The van der Waals surface area contributed by atoms with Crippen molar-refractivity contribution in [2.75, 3.05) is 0 Å². The Bertz CT molecular complexity index is 479. The van der Waals surface area contributed by atoms with Crippen molar-refractivity contribution in [2.45, 2.75) is 6.92 Å². The fraction of sp³-hybridized carbons (Fsp3) is 0.0769. The van der Waals surface area contributed by atoms with Crippen LogP contribution in [0.25, 0.3) is 5.57 Å². The van der Waals surface area contributed by atoms with Crippen LogP contribution < -0.4 is 0 Å². The van der Waals surface area contributed by atoms with Crippen molar-refractivity contribution in [2.24, 2.45) is 0 Å². The van der Waals surface area contributed by atoms with Gasteiger partial charge in [0.2, 0.25) is 11.6 Å². The average molecular weight is 198 g/mol. The number of rotatable bonds is 1. The number of Topliss-reactive ketones (excluding diaryl/α,β-unsaturated/α-hetero) is 2. The van der Waals surface area contributed by atoms with Gasteiger partial charge >= 0.3 is 0 Å². The van der Waals surface area contributed by atoms with Crippen molar-refractivity contribution in [3.63, 3.8) is 0 Å². The van der Waals surface area contributed by atoms with E-state index in [2.05, 4.69) is 0 Å². The second-order valence-corrected chi connectivity index (χ2v) is 3.45. The average Bonchev–Trinajstić information content (AvgIpc) is 2.27. The molecular formula is C13H10O2. The molecule has 0 aromatic heterocycles. The van der Waals surface area contributed by atoms with Crippen molar-refractivity contribution < 1.29 is 9.59 Å². The maximum absolute atomic E-state index is 11.7. The number of hydrogen-bond donors (Lipinski definition) is 0. The Balaban J connectivity index is 2.48. The Kier molecular flexibility index (Phi) is 2.34. The Morgan fingerprint density at radius 2 is 1.53 bits per heavy atom. The van der Waals surface area contributed by atoms with Crippen LogP contribution in [0.2, 0.25) is 0 Å². The molecule has 1 aliphatic carbocycles. The maximum Gasteiger partial charge on any atom is 0.233 e. The molecule has 2 nitrogen and oxygen atoms in total. The normalized spacial score (nSPS) is 16.1. The fourth-order valence-corrected chi connectivity index (χ4v) is 1.51. The van der Waals surface area contributed by atoms with Crippen molar-refractivity contribution in [3.8, 4) is 0 Å². The van der Waals surface area contributed by atoms with Crippen LogP contribution in [-0.4, -0.2) is 11.6 Å². The van der Waals surface area contributed by atoms with Crippen LogP contribution in [0.1, 0.15) is 12.5 Å². The predicted molar refractivity (Wildman–Crippen MR) is 58.2 cm³/mol. The SMILES string of the molecule is CC1=CC=C(c2ccccc2)C(=O)C1=O. The number of benzene rings is 1. The smallest absolute Gasteiger partial charge is 0.233 e. The maximum atomic E-state index is 11.7. The van der Waals surface area contributed by atoms with Crippen molar-refractivity contribution in [1.82, 2.24) is 0 Å². The lowest BCUT2D eigenvalue weighted by atomic mass is 9.92. The summed E-state index contributed by atoms with van der Waals surface area (Å²) in [5, 5.41) is 0. The quantitative estimate of drug-likeness (QED) is 0.512. The first kappa shape index (κ1) is 9.59. The molecule has 0 saturated carbocycles. The molecule has 1 aromatic rings. The van der Waals surface area contributed by atoms with E-state index in [9.17, 15) is 9.59 Å². The summed E-state index contributed by atoms with van der Waals surface area (Å²) in [5.41, 5.74) is 1.77. The van der Waals surface area contributed by atoms with E-state index in [1.165, 1.54) is 0 Å². The molecule has 0 N–H and O–H groups in total. The summed E-state index contributed by atoms with van der Waals surface area (Å²) in [5.74, 6) is -0.822. The van der Waals surface area contributed by atoms with Gasteiger partial charge in [-0.15, -0.1) is 0 Å². The third kappa shape index (κ3) is 1.66. The molecule has 0 spiro atoms. The Labute approximate surface area is 87.9 Å². The van der Waals surface area contributed by atoms with Gasteiger partial charge in [-0.2, -0.15) is 0 Å². The van der Waals surface area contributed by atoms with Crippen LogP contribution in [0.4, 0.5) is 0 Å². The molecule has 2 heteroatoms. The van der Waals surface area contributed by atoms with E-state index in [4.69, 9.17) is 0 Å². The summed E-state index contributed by atoms with van der Waals surface area (Å²) in [4.78, 5) is 23.1. The summed E-state index contributed by atoms with van der Waals surface area (Å²) in [6, 6.07) is 9.22. The van der Waals surface area contributed by atoms with Gasteiger partial charge in [0.25, 0.3) is 0 Å². The van der Waals surface area contributed by atoms with Crippen LogP contribution in [0, 0.1) is 0 Å². The second-order valence-electron chi connectivity index (χ2n) is 3.45. The first-order valence-electron chi connectivity index (χ1n) is 4.73. The van der Waals surface area contributed by atoms with Crippen molar-refractivity contribution >= 4 is 17.1 Å². The minimum absolute atomic E-state index is 0.406. The van der Waals surface area contributed by atoms with Crippen LogP contribution in [0.15, 0.2) is 48.1 Å². The van der Waals surface area contributed by atoms with Gasteiger partial charge in [-0.25, -0.2) is 0 Å². The van der Waals surface area contributed by atoms with Gasteiger partial charge in [0.05, 0.1) is 0 Å². The Hall–Kier alpha value is -1.96. The third-order valence-electron chi connectivity index (χ3n) is 2.39. The predicted octanol–water partition coefficient (Wildman–Crippen LogP) is 2.17. The van der Waals surface area contributed by atoms with E-state index in [0.29, 0.717) is 11.1 Å². The Morgan fingerprint density at radius 3 is 2.20 bits per heavy atom. The van der Waals surface area contributed by atoms with E-state index in [1.54, 1.807) is 19.1 Å². The molecule has 0 saturated heterocycles. The van der Waals surface area contributed by atoms with Crippen LogP contribution in [0.5, 0.6) is 0 Å². The molecular weight excluding hydrogens is 188 g/mol. The van der Waals surface area contributed by atoms with Crippen LogP contribution in [-0.2, 0) is 9.59 Å². The van der Waals surface area contributed by atoms with Crippen molar-refractivity contribution in [1.29, 1.82) is 0 Å². The minimum atomic E-state index is -0.416. The summed E-state index contributed by atoms with van der Waals surface area (Å²) in [6.07, 6.45) is 3.39. The van der Waals surface area contributed by atoms with E-state index in [1.807, 2.05) is 30.3 Å². The largest absolute Gasteiger partial charge is 0.285 e. The van der Waals surface area contributed by atoms with Gasteiger partial charge < -0.3 is 0 Å². The first-order valence-corrected chi connectivity index (χ1v) is 4.73. The monoisotopic (exact) mass is 198 g/mol. The molecule has 1 aliphatic rings. The number of carbonyl (C=O) groups excluding carboxylic acids is 2. The van der Waals surface area contributed by atoms with E-state index < -0.39 is 11.6 Å². The summed E-state index contributed by atoms with van der Waals surface area (Å²) in [6.45, 7) is 1.65. The second kappa shape index (κ2) is 3.65. The van der Waals surface area contributed by atoms with Gasteiger partial charge in [0.1, 0.15) is 0 Å². The topological polar surface area (TPSA) is 34.1 Å². The summed E-state index contributed by atoms with van der Waals surface area (Å²) >= 11 is 0. The lowest BCUT2D eigenvalue weighted by Gasteiger charge is -2.09. The van der Waals surface area contributed by atoms with Crippen LogP contribution in [0.3, 0.4) is 0 Å². The fourth-order valence-electron chi connectivity index (χ4n) is 1.51. The molecule has 0 bridgehead atoms. The zero-order valence-corrected chi connectivity index (χ0v) is 8.36. The Morgan fingerprint density at radius 1 is 0.867 bits per heavy atom. The van der Waals surface area contributed by atoms with Gasteiger partial charge in [0.15, 0.2) is 0 Å². The molecule has 0 radical (unpaired) electrons. The highest BCUT2D eigenvalue weighted by Crippen LogP contribution is 2.21. The van der Waals surface area contributed by atoms with Gasteiger partial charge in [-0.3, -0.25) is 9.59 Å². The van der Waals surface area contributed by atoms with E-state index in [-0.39, 0.29) is 0 Å². The molecule has 74 valence electrons. The van der Waals surface area contributed by atoms with Crippen molar-refractivity contribution in [3.05, 3.63) is 53.6 Å². The van der Waals surface area contributed by atoms with Gasteiger partial charge in [-0.05, 0) is 18.6 Å². The standard InChI is InChI=1S/C13H10O2/c1-9-7-8-11(13(15)12(9)14)10-5-3-2-4-6-10/h2-8H,1H3. The molecule has 0 aliphatic heterocycles. The molecule has 1 aromatic carbocycles. The third-order valence-corrected chi connectivity index (χ3v) is 2.39. The summed E-state index contributed by atoms with van der Waals surface area (Å²) < 4.78 is 0.